The van der Waals surface area contributed by atoms with Gasteiger partial charge in [0.25, 0.3) is 0 Å². The second-order valence-corrected chi connectivity index (χ2v) is 6.60. The summed E-state index contributed by atoms with van der Waals surface area (Å²) in [7, 11) is 0. The number of nitrogens with zero attached hydrogens (tertiary/aromatic N) is 2. The zero-order valence-electron chi connectivity index (χ0n) is 14.3. The molecule has 150 valence electrons. The molecule has 27 heavy (non-hydrogen) atoms. The number of alkyl halides is 3. The summed E-state index contributed by atoms with van der Waals surface area (Å²) in [5.41, 5.74) is 0.613. The number of hydrogen-bond donors (Lipinski definition) is 1. The predicted molar refractivity (Wildman–Crippen MR) is 91.7 cm³/mol. The van der Waals surface area contributed by atoms with E-state index in [0.29, 0.717) is 30.1 Å². The summed E-state index contributed by atoms with van der Waals surface area (Å²) in [4.78, 5) is 26.9. The van der Waals surface area contributed by atoms with Gasteiger partial charge in [-0.2, -0.15) is 13.2 Å². The van der Waals surface area contributed by atoms with Crippen LogP contribution in [0.3, 0.4) is 0 Å². The molecule has 0 radical (unpaired) electrons. The van der Waals surface area contributed by atoms with Crippen LogP contribution in [0.5, 0.6) is 0 Å². The highest BCUT2D eigenvalue weighted by atomic mass is 35.5. The minimum atomic E-state index is -4.49. The Bertz CT molecular complexity index is 701. The molecule has 2 atom stereocenters. The summed E-state index contributed by atoms with van der Waals surface area (Å²) in [6.45, 7) is -0.280. The van der Waals surface area contributed by atoms with Gasteiger partial charge in [0.2, 0.25) is 11.8 Å². The molecule has 2 heterocycles. The second-order valence-electron chi connectivity index (χ2n) is 6.60. The van der Waals surface area contributed by atoms with E-state index in [0.717, 1.165) is 0 Å². The van der Waals surface area contributed by atoms with Gasteiger partial charge in [0.15, 0.2) is 0 Å². The maximum absolute atomic E-state index is 13.5. The number of rotatable bonds is 3. The summed E-state index contributed by atoms with van der Waals surface area (Å²) in [5.74, 6) is -2.26. The first-order chi connectivity index (χ1) is 12.2. The lowest BCUT2D eigenvalue weighted by Gasteiger charge is -2.38. The van der Waals surface area contributed by atoms with Gasteiger partial charge >= 0.3 is 6.18 Å². The molecular weight excluding hydrogens is 390 g/mol. The van der Waals surface area contributed by atoms with Gasteiger partial charge in [-0.1, -0.05) is 12.1 Å². The van der Waals surface area contributed by atoms with Crippen molar-refractivity contribution in [1.29, 1.82) is 0 Å². The Morgan fingerprint density at radius 2 is 2.04 bits per heavy atom. The number of piperazine rings is 1. The highest BCUT2D eigenvalue weighted by molar-refractivity contribution is 5.89. The van der Waals surface area contributed by atoms with Crippen LogP contribution in [0.2, 0.25) is 0 Å². The number of carbonyl (C=O) groups is 2. The van der Waals surface area contributed by atoms with Crippen molar-refractivity contribution < 1.29 is 27.2 Å². The van der Waals surface area contributed by atoms with Crippen molar-refractivity contribution in [2.45, 2.75) is 18.6 Å². The molecule has 10 heteroatoms. The fraction of sp³-hybridized carbons (Fsp3) is 0.529. The van der Waals surface area contributed by atoms with Gasteiger partial charge in [-0.25, -0.2) is 4.39 Å². The molecule has 1 aromatic carbocycles. The Morgan fingerprint density at radius 1 is 1.30 bits per heavy atom. The van der Waals surface area contributed by atoms with E-state index in [1.54, 1.807) is 17.0 Å². The third-order valence-corrected chi connectivity index (χ3v) is 4.69. The molecule has 1 N–H and O–H groups in total. The molecule has 2 fully saturated rings. The monoisotopic (exact) mass is 409 g/mol. The smallest absolute Gasteiger partial charge is 0.333 e. The summed E-state index contributed by atoms with van der Waals surface area (Å²) in [5, 5.41) is 3.13. The van der Waals surface area contributed by atoms with Crippen molar-refractivity contribution in [3.05, 3.63) is 35.6 Å². The number of carbonyl (C=O) groups excluding carboxylic acids is 2. The van der Waals surface area contributed by atoms with Crippen LogP contribution in [0.4, 0.5) is 17.6 Å². The Morgan fingerprint density at radius 3 is 2.70 bits per heavy atom. The fourth-order valence-electron chi connectivity index (χ4n) is 3.52. The lowest BCUT2D eigenvalue weighted by molar-refractivity contribution is -0.157. The first-order valence-corrected chi connectivity index (χ1v) is 8.36. The normalized spacial score (nSPS) is 23.3. The molecule has 0 bridgehead atoms. The number of benzene rings is 1. The largest absolute Gasteiger partial charge is 0.406 e. The number of halogens is 5. The van der Waals surface area contributed by atoms with Crippen molar-refractivity contribution in [1.82, 2.24) is 15.1 Å². The van der Waals surface area contributed by atoms with E-state index < -0.39 is 36.4 Å². The topological polar surface area (TPSA) is 52.7 Å². The predicted octanol–water partition coefficient (Wildman–Crippen LogP) is 2.13. The second kappa shape index (κ2) is 8.43. The standard InChI is InChI=1S/C17H19F4N3O2.ClH/c18-13-3-1-2-11(6-13)14-8-22-4-5-24(14)16(26)12-7-15(25)23(9-12)10-17(19,20)21;/h1-3,6,12,14,22H,4-5,7-10H2;1H. The van der Waals surface area contributed by atoms with Crippen LogP contribution >= 0.6 is 12.4 Å². The summed E-state index contributed by atoms with van der Waals surface area (Å²) >= 11 is 0. The number of hydrogen-bond acceptors (Lipinski definition) is 3. The zero-order chi connectivity index (χ0) is 18.9. The molecule has 2 saturated heterocycles. The van der Waals surface area contributed by atoms with Gasteiger partial charge in [-0.15, -0.1) is 12.4 Å². The van der Waals surface area contributed by atoms with Gasteiger partial charge in [0.1, 0.15) is 12.4 Å². The Labute approximate surface area is 160 Å². The van der Waals surface area contributed by atoms with Crippen LogP contribution in [0.15, 0.2) is 24.3 Å². The maximum Gasteiger partial charge on any atom is 0.406 e. The van der Waals surface area contributed by atoms with Crippen LogP contribution in [0.25, 0.3) is 0 Å². The van der Waals surface area contributed by atoms with Gasteiger partial charge in [-0.3, -0.25) is 9.59 Å². The van der Waals surface area contributed by atoms with E-state index in [4.69, 9.17) is 0 Å². The third-order valence-electron chi connectivity index (χ3n) is 4.69. The van der Waals surface area contributed by atoms with E-state index in [-0.39, 0.29) is 31.3 Å². The van der Waals surface area contributed by atoms with E-state index >= 15 is 0 Å². The minimum Gasteiger partial charge on any atom is -0.333 e. The molecule has 0 aliphatic carbocycles. The van der Waals surface area contributed by atoms with Gasteiger partial charge in [0.05, 0.1) is 12.0 Å². The summed E-state index contributed by atoms with van der Waals surface area (Å²) in [6.07, 6.45) is -4.72. The number of nitrogens with one attached hydrogen (secondary N) is 1. The molecule has 3 rings (SSSR count). The Balaban J connectivity index is 0.00000261. The van der Waals surface area contributed by atoms with Crippen molar-refractivity contribution in [3.63, 3.8) is 0 Å². The van der Waals surface area contributed by atoms with E-state index in [9.17, 15) is 27.2 Å². The highest BCUT2D eigenvalue weighted by Crippen LogP contribution is 2.29. The van der Waals surface area contributed by atoms with E-state index in [2.05, 4.69) is 5.32 Å². The van der Waals surface area contributed by atoms with Gasteiger partial charge in [-0.05, 0) is 17.7 Å². The highest BCUT2D eigenvalue weighted by Gasteiger charge is 2.43. The van der Waals surface area contributed by atoms with Crippen LogP contribution in [0, 0.1) is 11.7 Å². The molecule has 2 aliphatic heterocycles. The Kier molecular flexibility index (Phi) is 6.69. The van der Waals surface area contributed by atoms with Crippen LogP contribution < -0.4 is 5.32 Å². The molecule has 0 spiro atoms. The van der Waals surface area contributed by atoms with Gasteiger partial charge in [0, 0.05) is 32.6 Å². The van der Waals surface area contributed by atoms with Crippen LogP contribution in [-0.4, -0.2) is 60.5 Å². The zero-order valence-corrected chi connectivity index (χ0v) is 15.2. The van der Waals surface area contributed by atoms with Crippen molar-refractivity contribution >= 4 is 24.2 Å². The summed E-state index contributed by atoms with van der Waals surface area (Å²) in [6, 6.07) is 5.48. The average Bonchev–Trinajstić information content (AvgIpc) is 2.93. The number of amides is 2. The molecule has 2 unspecified atom stereocenters. The van der Waals surface area contributed by atoms with Crippen molar-refractivity contribution in [2.75, 3.05) is 32.7 Å². The van der Waals surface area contributed by atoms with Crippen molar-refractivity contribution in [2.24, 2.45) is 5.92 Å². The first-order valence-electron chi connectivity index (χ1n) is 8.36. The van der Waals surface area contributed by atoms with Gasteiger partial charge < -0.3 is 15.1 Å². The van der Waals surface area contributed by atoms with E-state index in [1.807, 2.05) is 0 Å². The van der Waals surface area contributed by atoms with Crippen LogP contribution in [0.1, 0.15) is 18.0 Å². The molecule has 0 saturated carbocycles. The summed E-state index contributed by atoms with van der Waals surface area (Å²) < 4.78 is 51.2. The minimum absolute atomic E-state index is 0. The van der Waals surface area contributed by atoms with Crippen LogP contribution in [-0.2, 0) is 9.59 Å². The van der Waals surface area contributed by atoms with E-state index in [1.165, 1.54) is 12.1 Å². The lowest BCUT2D eigenvalue weighted by Crippen LogP contribution is -2.50. The average molecular weight is 410 g/mol. The lowest BCUT2D eigenvalue weighted by atomic mass is 9.99. The molecule has 2 amide bonds. The number of likely N-dealkylation sites (tertiary alicyclic amines) is 1. The molecule has 2 aliphatic rings. The molecule has 0 aromatic heterocycles. The molecule has 1 aromatic rings. The van der Waals surface area contributed by atoms with Crippen molar-refractivity contribution in [3.8, 4) is 0 Å². The molecular formula is C17H20ClF4N3O2. The maximum atomic E-state index is 13.5. The Hall–Kier alpha value is -1.87. The SMILES string of the molecule is Cl.O=C1CC(C(=O)N2CCNCC2c2cccc(F)c2)CN1CC(F)(F)F. The first kappa shape index (κ1) is 21.4. The third kappa shape index (κ3) is 5.10. The molecule has 5 nitrogen and oxygen atoms in total. The fourth-order valence-corrected chi connectivity index (χ4v) is 3.52. The quantitative estimate of drug-likeness (QED) is 0.778.